The Bertz CT molecular complexity index is 435. The number of carbonyl (C=O) groups is 1. The molecule has 0 aromatic carbocycles. The van der Waals surface area contributed by atoms with Crippen LogP contribution in [0.25, 0.3) is 0 Å². The summed E-state index contributed by atoms with van der Waals surface area (Å²) in [6.07, 6.45) is 10.0. The molecule has 0 aromatic heterocycles. The Balaban J connectivity index is 1.39. The van der Waals surface area contributed by atoms with Crippen molar-refractivity contribution in [2.24, 2.45) is 29.1 Å². The second-order valence-electron chi connectivity index (χ2n) is 10.0. The molecule has 2 saturated carbocycles. The van der Waals surface area contributed by atoms with E-state index in [0.29, 0.717) is 23.3 Å². The van der Waals surface area contributed by atoms with Gasteiger partial charge in [-0.15, -0.1) is 0 Å². The summed E-state index contributed by atoms with van der Waals surface area (Å²) in [6.45, 7) is 12.3. The van der Waals surface area contributed by atoms with Crippen molar-refractivity contribution in [1.29, 1.82) is 0 Å². The smallest absolute Gasteiger partial charge is 0.225 e. The SMILES string of the molecule is CC(C)NCC1CCC(C(=O)N2CCC3(CC2)CC(C(C)C)C3)CC1. The number of hydrogen-bond acceptors (Lipinski definition) is 2. The number of amides is 1. The lowest BCUT2D eigenvalue weighted by Crippen LogP contribution is -2.51. The van der Waals surface area contributed by atoms with Crippen LogP contribution in [0.5, 0.6) is 0 Å². The number of nitrogens with one attached hydrogen (secondary N) is 1. The lowest BCUT2D eigenvalue weighted by Gasteiger charge is -2.54. The Morgan fingerprint density at radius 1 is 1.04 bits per heavy atom. The Morgan fingerprint density at radius 2 is 1.64 bits per heavy atom. The van der Waals surface area contributed by atoms with E-state index in [1.807, 2.05) is 0 Å². The van der Waals surface area contributed by atoms with Gasteiger partial charge in [0.1, 0.15) is 0 Å². The Kier molecular flexibility index (Phi) is 6.13. The van der Waals surface area contributed by atoms with Crippen LogP contribution in [0.4, 0.5) is 0 Å². The zero-order chi connectivity index (χ0) is 18.0. The zero-order valence-corrected chi connectivity index (χ0v) is 17.0. The molecule has 0 atom stereocenters. The van der Waals surface area contributed by atoms with Gasteiger partial charge < -0.3 is 10.2 Å². The largest absolute Gasteiger partial charge is 0.342 e. The summed E-state index contributed by atoms with van der Waals surface area (Å²) in [7, 11) is 0. The Morgan fingerprint density at radius 3 is 2.16 bits per heavy atom. The van der Waals surface area contributed by atoms with Crippen LogP contribution in [0, 0.1) is 29.1 Å². The summed E-state index contributed by atoms with van der Waals surface area (Å²) in [5.41, 5.74) is 0.603. The third-order valence-corrected chi connectivity index (χ3v) is 7.48. The van der Waals surface area contributed by atoms with Crippen molar-refractivity contribution in [2.45, 2.75) is 85.1 Å². The second-order valence-corrected chi connectivity index (χ2v) is 10.0. The van der Waals surface area contributed by atoms with E-state index >= 15 is 0 Å². The number of hydrogen-bond donors (Lipinski definition) is 1. The Labute approximate surface area is 155 Å². The van der Waals surface area contributed by atoms with Gasteiger partial charge in [0, 0.05) is 25.0 Å². The van der Waals surface area contributed by atoms with E-state index in [1.54, 1.807) is 0 Å². The molecule has 3 aliphatic rings. The normalized spacial score (nSPS) is 30.1. The first-order valence-electron chi connectivity index (χ1n) is 10.9. The summed E-state index contributed by atoms with van der Waals surface area (Å²) < 4.78 is 0. The van der Waals surface area contributed by atoms with Crippen molar-refractivity contribution < 1.29 is 4.79 Å². The molecule has 1 spiro atoms. The van der Waals surface area contributed by atoms with Crippen LogP contribution in [0.1, 0.15) is 79.1 Å². The van der Waals surface area contributed by atoms with Gasteiger partial charge in [-0.05, 0) is 81.1 Å². The van der Waals surface area contributed by atoms with Crippen LogP contribution in [-0.4, -0.2) is 36.5 Å². The number of piperidine rings is 1. The van der Waals surface area contributed by atoms with Crippen LogP contribution in [0.3, 0.4) is 0 Å². The summed E-state index contributed by atoms with van der Waals surface area (Å²) >= 11 is 0. The lowest BCUT2D eigenvalue weighted by atomic mass is 9.55. The van der Waals surface area contributed by atoms with Gasteiger partial charge in [0.15, 0.2) is 0 Å². The molecule has 3 fully saturated rings. The minimum Gasteiger partial charge on any atom is -0.342 e. The molecule has 3 nitrogen and oxygen atoms in total. The van der Waals surface area contributed by atoms with Gasteiger partial charge in [-0.1, -0.05) is 27.7 Å². The van der Waals surface area contributed by atoms with Gasteiger partial charge in [-0.3, -0.25) is 4.79 Å². The molecule has 2 aliphatic carbocycles. The molecule has 3 rings (SSSR count). The first-order chi connectivity index (χ1) is 11.9. The summed E-state index contributed by atoms with van der Waals surface area (Å²) in [6, 6.07) is 0.571. The van der Waals surface area contributed by atoms with Gasteiger partial charge >= 0.3 is 0 Å². The molecule has 0 unspecified atom stereocenters. The van der Waals surface area contributed by atoms with Crippen molar-refractivity contribution in [3.05, 3.63) is 0 Å². The van der Waals surface area contributed by atoms with Crippen LogP contribution in [0.15, 0.2) is 0 Å². The monoisotopic (exact) mass is 348 g/mol. The highest BCUT2D eigenvalue weighted by Gasteiger charge is 2.47. The third-order valence-electron chi connectivity index (χ3n) is 7.48. The first-order valence-corrected chi connectivity index (χ1v) is 10.9. The van der Waals surface area contributed by atoms with Gasteiger partial charge in [0.2, 0.25) is 5.91 Å². The van der Waals surface area contributed by atoms with Crippen LogP contribution >= 0.6 is 0 Å². The predicted octanol–water partition coefficient (Wildman–Crippen LogP) is 4.47. The van der Waals surface area contributed by atoms with E-state index in [2.05, 4.69) is 37.9 Å². The molecular weight excluding hydrogens is 308 g/mol. The van der Waals surface area contributed by atoms with Gasteiger partial charge in [0.05, 0.1) is 0 Å². The minimum atomic E-state index is 0.314. The summed E-state index contributed by atoms with van der Waals surface area (Å²) in [4.78, 5) is 15.1. The molecule has 144 valence electrons. The van der Waals surface area contributed by atoms with Crippen molar-refractivity contribution in [2.75, 3.05) is 19.6 Å². The zero-order valence-electron chi connectivity index (χ0n) is 17.0. The maximum absolute atomic E-state index is 12.9. The van der Waals surface area contributed by atoms with E-state index in [1.165, 1.54) is 38.5 Å². The van der Waals surface area contributed by atoms with Crippen molar-refractivity contribution >= 4 is 5.91 Å². The summed E-state index contributed by atoms with van der Waals surface area (Å²) in [5, 5.41) is 3.56. The standard InChI is InChI=1S/C22H40N2O/c1-16(2)20-13-22(14-20)9-11-24(12-10-22)21(25)19-7-5-18(6-8-19)15-23-17(3)4/h16-20,23H,5-15H2,1-4H3. The van der Waals surface area contributed by atoms with E-state index in [9.17, 15) is 4.79 Å². The fraction of sp³-hybridized carbons (Fsp3) is 0.955. The molecule has 3 heteroatoms. The molecular formula is C22H40N2O. The average molecular weight is 349 g/mol. The molecule has 1 N–H and O–H groups in total. The highest BCUT2D eigenvalue weighted by Crippen LogP contribution is 2.55. The Hall–Kier alpha value is -0.570. The third kappa shape index (κ3) is 4.59. The van der Waals surface area contributed by atoms with Gasteiger partial charge in [-0.2, -0.15) is 0 Å². The topological polar surface area (TPSA) is 32.3 Å². The molecule has 1 heterocycles. The quantitative estimate of drug-likeness (QED) is 0.795. The van der Waals surface area contributed by atoms with Crippen LogP contribution in [-0.2, 0) is 4.79 Å². The maximum Gasteiger partial charge on any atom is 0.225 e. The fourth-order valence-electron chi connectivity index (χ4n) is 5.41. The highest BCUT2D eigenvalue weighted by atomic mass is 16.2. The van der Waals surface area contributed by atoms with E-state index in [4.69, 9.17) is 0 Å². The first kappa shape index (κ1) is 19.2. The second kappa shape index (κ2) is 7.98. The van der Waals surface area contributed by atoms with E-state index in [0.717, 1.165) is 50.2 Å². The molecule has 1 aliphatic heterocycles. The molecule has 25 heavy (non-hydrogen) atoms. The lowest BCUT2D eigenvalue weighted by molar-refractivity contribution is -0.141. The fourth-order valence-corrected chi connectivity index (χ4v) is 5.41. The van der Waals surface area contributed by atoms with Crippen molar-refractivity contribution in [3.8, 4) is 0 Å². The predicted molar refractivity (Wildman–Crippen MR) is 104 cm³/mol. The minimum absolute atomic E-state index is 0.314. The molecule has 0 aromatic rings. The van der Waals surface area contributed by atoms with Crippen molar-refractivity contribution in [1.82, 2.24) is 10.2 Å². The van der Waals surface area contributed by atoms with Gasteiger partial charge in [-0.25, -0.2) is 0 Å². The van der Waals surface area contributed by atoms with Crippen LogP contribution in [0.2, 0.25) is 0 Å². The molecule has 0 bridgehead atoms. The molecule has 1 saturated heterocycles. The van der Waals surface area contributed by atoms with E-state index < -0.39 is 0 Å². The van der Waals surface area contributed by atoms with E-state index in [-0.39, 0.29) is 0 Å². The van der Waals surface area contributed by atoms with Gasteiger partial charge in [0.25, 0.3) is 0 Å². The van der Waals surface area contributed by atoms with Crippen molar-refractivity contribution in [3.63, 3.8) is 0 Å². The number of rotatable bonds is 5. The number of carbonyl (C=O) groups excluding carboxylic acids is 1. The summed E-state index contributed by atoms with van der Waals surface area (Å²) in [5.74, 6) is 3.35. The average Bonchev–Trinajstić information content (AvgIpc) is 2.57. The highest BCUT2D eigenvalue weighted by molar-refractivity contribution is 5.79. The number of nitrogens with zero attached hydrogens (tertiary/aromatic N) is 1. The van der Waals surface area contributed by atoms with Crippen LogP contribution < -0.4 is 5.32 Å². The molecule has 0 radical (unpaired) electrons. The molecule has 1 amide bonds. The maximum atomic E-state index is 12.9. The number of likely N-dealkylation sites (tertiary alicyclic amines) is 1.